The van der Waals surface area contributed by atoms with Crippen LogP contribution in [0.1, 0.15) is 90.4 Å². The zero-order valence-electron chi connectivity index (χ0n) is 13.6. The monoisotopic (exact) mass is 267 g/mol. The van der Waals surface area contributed by atoms with E-state index in [2.05, 4.69) is 19.3 Å². The molecular weight excluding hydrogens is 230 g/mol. The molecule has 1 unspecified atom stereocenters. The average Bonchev–Trinajstić information content (AvgIpc) is 2.52. The van der Waals surface area contributed by atoms with E-state index >= 15 is 0 Å². The van der Waals surface area contributed by atoms with E-state index in [1.165, 1.54) is 90.0 Å². The highest BCUT2D eigenvalue weighted by atomic mass is 14.8. The van der Waals surface area contributed by atoms with Gasteiger partial charge < -0.3 is 5.32 Å². The van der Waals surface area contributed by atoms with Crippen LogP contribution >= 0.6 is 0 Å². The van der Waals surface area contributed by atoms with Crippen LogP contribution in [0.5, 0.6) is 0 Å². The maximum Gasteiger partial charge on any atom is -0.00235 e. The number of nitrogens with one attached hydrogen (secondary N) is 1. The summed E-state index contributed by atoms with van der Waals surface area (Å²) >= 11 is 0. The summed E-state index contributed by atoms with van der Waals surface area (Å²) in [5.41, 5.74) is 0. The van der Waals surface area contributed by atoms with Gasteiger partial charge in [0, 0.05) is 0 Å². The Morgan fingerprint density at radius 1 is 0.789 bits per heavy atom. The van der Waals surface area contributed by atoms with Crippen molar-refractivity contribution in [3.8, 4) is 0 Å². The van der Waals surface area contributed by atoms with Gasteiger partial charge in [-0.3, -0.25) is 0 Å². The quantitative estimate of drug-likeness (QED) is 0.569. The fourth-order valence-corrected chi connectivity index (χ4v) is 3.67. The van der Waals surface area contributed by atoms with Crippen molar-refractivity contribution in [2.75, 3.05) is 13.6 Å². The molecule has 0 amide bonds. The van der Waals surface area contributed by atoms with Gasteiger partial charge in [-0.2, -0.15) is 0 Å². The van der Waals surface area contributed by atoms with E-state index in [9.17, 15) is 0 Å². The van der Waals surface area contributed by atoms with Crippen LogP contribution in [0.4, 0.5) is 0 Å². The van der Waals surface area contributed by atoms with Gasteiger partial charge in [0.25, 0.3) is 0 Å². The highest BCUT2D eigenvalue weighted by Crippen LogP contribution is 2.28. The largest absolute Gasteiger partial charge is 0.319 e. The van der Waals surface area contributed by atoms with E-state index in [0.29, 0.717) is 0 Å². The Balaban J connectivity index is 2.14. The SMILES string of the molecule is CCCCCCC[C@H]1CCCCC(CNC)CCC1. The maximum atomic E-state index is 3.37. The van der Waals surface area contributed by atoms with Gasteiger partial charge in [0.2, 0.25) is 0 Å². The van der Waals surface area contributed by atoms with Gasteiger partial charge >= 0.3 is 0 Å². The summed E-state index contributed by atoms with van der Waals surface area (Å²) in [4.78, 5) is 0. The second kappa shape index (κ2) is 11.8. The van der Waals surface area contributed by atoms with Crippen LogP contribution in [-0.2, 0) is 0 Å². The van der Waals surface area contributed by atoms with Crippen molar-refractivity contribution in [3.63, 3.8) is 0 Å². The summed E-state index contributed by atoms with van der Waals surface area (Å²) in [7, 11) is 2.10. The third kappa shape index (κ3) is 8.68. The molecule has 1 N–H and O–H groups in total. The molecule has 0 aromatic carbocycles. The first-order valence-electron chi connectivity index (χ1n) is 9.01. The standard InChI is InChI=1S/C18H37N/c1-3-4-5-6-7-11-17-12-8-9-13-18(16-19-2)15-10-14-17/h17-19H,3-16H2,1-2H3/t17-,18?/m0/s1. The van der Waals surface area contributed by atoms with Gasteiger partial charge in [-0.25, -0.2) is 0 Å². The minimum atomic E-state index is 0.952. The second-order valence-corrected chi connectivity index (χ2v) is 6.71. The molecule has 0 aliphatic heterocycles. The van der Waals surface area contributed by atoms with Crippen molar-refractivity contribution in [2.24, 2.45) is 11.8 Å². The lowest BCUT2D eigenvalue weighted by molar-refractivity contribution is 0.375. The summed E-state index contributed by atoms with van der Waals surface area (Å²) in [5.74, 6) is 2.00. The van der Waals surface area contributed by atoms with Crippen molar-refractivity contribution >= 4 is 0 Å². The van der Waals surface area contributed by atoms with E-state index in [-0.39, 0.29) is 0 Å². The van der Waals surface area contributed by atoms with Crippen molar-refractivity contribution in [2.45, 2.75) is 90.4 Å². The Hall–Kier alpha value is -0.0400. The van der Waals surface area contributed by atoms with Gasteiger partial charge in [0.1, 0.15) is 0 Å². The van der Waals surface area contributed by atoms with Gasteiger partial charge in [-0.15, -0.1) is 0 Å². The molecule has 1 aliphatic carbocycles. The lowest BCUT2D eigenvalue weighted by Gasteiger charge is -2.16. The molecule has 1 rings (SSSR count). The van der Waals surface area contributed by atoms with E-state index in [1.807, 2.05) is 0 Å². The Morgan fingerprint density at radius 3 is 2.16 bits per heavy atom. The predicted molar refractivity (Wildman–Crippen MR) is 86.6 cm³/mol. The molecule has 0 aromatic rings. The lowest BCUT2D eigenvalue weighted by Crippen LogP contribution is -2.18. The van der Waals surface area contributed by atoms with Crippen LogP contribution in [0.3, 0.4) is 0 Å². The molecule has 0 spiro atoms. The van der Waals surface area contributed by atoms with E-state index in [0.717, 1.165) is 11.8 Å². The Morgan fingerprint density at radius 2 is 1.42 bits per heavy atom. The van der Waals surface area contributed by atoms with Crippen LogP contribution < -0.4 is 5.32 Å². The molecule has 1 saturated carbocycles. The van der Waals surface area contributed by atoms with Crippen molar-refractivity contribution in [1.82, 2.24) is 5.32 Å². The predicted octanol–water partition coefficient (Wildman–Crippen LogP) is 5.54. The van der Waals surface area contributed by atoms with Gasteiger partial charge in [0.15, 0.2) is 0 Å². The molecule has 19 heavy (non-hydrogen) atoms. The minimum absolute atomic E-state index is 0.952. The Kier molecular flexibility index (Phi) is 10.5. The molecule has 114 valence electrons. The summed E-state index contributed by atoms with van der Waals surface area (Å²) < 4.78 is 0. The van der Waals surface area contributed by atoms with E-state index in [4.69, 9.17) is 0 Å². The van der Waals surface area contributed by atoms with Crippen LogP contribution in [0, 0.1) is 11.8 Å². The summed E-state index contributed by atoms with van der Waals surface area (Å²) in [5, 5.41) is 3.37. The smallest absolute Gasteiger partial charge is 0.00235 e. The zero-order chi connectivity index (χ0) is 13.8. The van der Waals surface area contributed by atoms with Crippen molar-refractivity contribution in [3.05, 3.63) is 0 Å². The molecule has 2 atom stereocenters. The average molecular weight is 268 g/mol. The molecule has 1 fully saturated rings. The van der Waals surface area contributed by atoms with Crippen molar-refractivity contribution in [1.29, 1.82) is 0 Å². The highest BCUT2D eigenvalue weighted by molar-refractivity contribution is 4.69. The second-order valence-electron chi connectivity index (χ2n) is 6.71. The third-order valence-electron chi connectivity index (χ3n) is 4.91. The molecular formula is C18H37N. The van der Waals surface area contributed by atoms with Crippen LogP contribution in [-0.4, -0.2) is 13.6 Å². The molecule has 0 saturated heterocycles. The first-order chi connectivity index (χ1) is 9.36. The summed E-state index contributed by atoms with van der Waals surface area (Å²) in [6, 6.07) is 0. The molecule has 0 radical (unpaired) electrons. The number of hydrogen-bond donors (Lipinski definition) is 1. The van der Waals surface area contributed by atoms with Gasteiger partial charge in [-0.05, 0) is 38.3 Å². The minimum Gasteiger partial charge on any atom is -0.319 e. The lowest BCUT2D eigenvalue weighted by atomic mass is 9.91. The Bertz CT molecular complexity index is 190. The topological polar surface area (TPSA) is 12.0 Å². The zero-order valence-corrected chi connectivity index (χ0v) is 13.6. The highest BCUT2D eigenvalue weighted by Gasteiger charge is 2.14. The third-order valence-corrected chi connectivity index (χ3v) is 4.91. The summed E-state index contributed by atoms with van der Waals surface area (Å²) in [6.45, 7) is 3.54. The Labute approximate surface area is 121 Å². The fourth-order valence-electron chi connectivity index (χ4n) is 3.67. The number of hydrogen-bond acceptors (Lipinski definition) is 1. The van der Waals surface area contributed by atoms with Crippen LogP contribution in [0.25, 0.3) is 0 Å². The first-order valence-corrected chi connectivity index (χ1v) is 9.01. The van der Waals surface area contributed by atoms with Crippen molar-refractivity contribution < 1.29 is 0 Å². The molecule has 1 nitrogen and oxygen atoms in total. The normalized spacial score (nSPS) is 25.6. The van der Waals surface area contributed by atoms with Gasteiger partial charge in [-0.1, -0.05) is 77.6 Å². The van der Waals surface area contributed by atoms with E-state index in [1.54, 1.807) is 0 Å². The maximum absolute atomic E-state index is 3.37. The van der Waals surface area contributed by atoms with E-state index < -0.39 is 0 Å². The number of rotatable bonds is 8. The molecule has 0 bridgehead atoms. The molecule has 1 aliphatic rings. The molecule has 1 heteroatoms. The van der Waals surface area contributed by atoms with Crippen LogP contribution in [0.2, 0.25) is 0 Å². The number of unbranched alkanes of at least 4 members (excludes halogenated alkanes) is 4. The fraction of sp³-hybridized carbons (Fsp3) is 1.00. The van der Waals surface area contributed by atoms with Crippen LogP contribution in [0.15, 0.2) is 0 Å². The first kappa shape index (κ1) is 17.0. The molecule has 0 heterocycles. The summed E-state index contributed by atoms with van der Waals surface area (Å²) in [6.07, 6.45) is 19.1. The van der Waals surface area contributed by atoms with Gasteiger partial charge in [0.05, 0.1) is 0 Å². The molecule has 0 aromatic heterocycles.